The van der Waals surface area contributed by atoms with Crippen LogP contribution < -0.4 is 5.73 Å². The molecular formula is C20H24N2O3. The van der Waals surface area contributed by atoms with E-state index in [1.165, 1.54) is 5.56 Å². The lowest BCUT2D eigenvalue weighted by Gasteiger charge is -2.39. The highest BCUT2D eigenvalue weighted by Gasteiger charge is 2.42. The number of hydrogen-bond donors (Lipinski definition) is 1. The lowest BCUT2D eigenvalue weighted by atomic mass is 9.78. The molecule has 1 aromatic heterocycles. The van der Waals surface area contributed by atoms with Crippen LogP contribution in [0.4, 0.5) is 0 Å². The molecule has 5 heteroatoms. The third kappa shape index (κ3) is 2.98. The molecule has 0 spiro atoms. The Labute approximate surface area is 147 Å². The van der Waals surface area contributed by atoms with Crippen molar-refractivity contribution in [3.8, 4) is 11.3 Å². The summed E-state index contributed by atoms with van der Waals surface area (Å²) >= 11 is 0. The van der Waals surface area contributed by atoms with Crippen molar-refractivity contribution >= 4 is 5.91 Å². The van der Waals surface area contributed by atoms with Crippen molar-refractivity contribution in [2.45, 2.75) is 25.8 Å². The first-order valence-corrected chi connectivity index (χ1v) is 8.96. The van der Waals surface area contributed by atoms with Crippen molar-refractivity contribution in [1.82, 2.24) is 4.90 Å². The maximum atomic E-state index is 13.1. The minimum absolute atomic E-state index is 0.154. The smallest absolute Gasteiger partial charge is 0.230 e. The second-order valence-electron chi connectivity index (χ2n) is 7.00. The molecule has 0 aliphatic carbocycles. The number of benzene rings is 1. The third-order valence-corrected chi connectivity index (χ3v) is 5.52. The first-order valence-electron chi connectivity index (χ1n) is 8.96. The van der Waals surface area contributed by atoms with Gasteiger partial charge in [-0.25, -0.2) is 0 Å². The van der Waals surface area contributed by atoms with Crippen molar-refractivity contribution in [2.75, 3.05) is 26.3 Å². The minimum atomic E-state index is -0.468. The van der Waals surface area contributed by atoms with E-state index < -0.39 is 5.41 Å². The van der Waals surface area contributed by atoms with Crippen LogP contribution in [-0.2, 0) is 22.5 Å². The van der Waals surface area contributed by atoms with Gasteiger partial charge in [-0.2, -0.15) is 0 Å². The number of fused-ring (bicyclic) bond motifs is 1. The van der Waals surface area contributed by atoms with Crippen LogP contribution in [0, 0.1) is 5.41 Å². The van der Waals surface area contributed by atoms with E-state index in [0.717, 1.165) is 30.0 Å². The van der Waals surface area contributed by atoms with Gasteiger partial charge in [-0.05, 0) is 30.9 Å². The molecule has 1 aromatic carbocycles. The van der Waals surface area contributed by atoms with E-state index in [9.17, 15) is 4.79 Å². The molecule has 4 rings (SSSR count). The first kappa shape index (κ1) is 16.4. The number of nitrogens with two attached hydrogens (primary N) is 1. The van der Waals surface area contributed by atoms with Crippen molar-refractivity contribution in [3.05, 3.63) is 47.7 Å². The molecule has 0 bridgehead atoms. The zero-order chi connectivity index (χ0) is 17.3. The molecule has 0 unspecified atom stereocenters. The van der Waals surface area contributed by atoms with Crippen LogP contribution in [0.2, 0.25) is 0 Å². The Bertz CT molecular complexity index is 748. The number of furan rings is 1. The fourth-order valence-electron chi connectivity index (χ4n) is 3.84. The summed E-state index contributed by atoms with van der Waals surface area (Å²) in [5, 5.41) is 0. The lowest BCUT2D eigenvalue weighted by Crippen LogP contribution is -2.51. The number of ether oxygens (including phenoxy) is 1. The van der Waals surface area contributed by atoms with Gasteiger partial charge in [-0.1, -0.05) is 30.3 Å². The van der Waals surface area contributed by atoms with Crippen molar-refractivity contribution in [3.63, 3.8) is 0 Å². The average Bonchev–Trinajstić information content (AvgIpc) is 3.12. The molecule has 3 heterocycles. The van der Waals surface area contributed by atoms with Crippen LogP contribution in [0.1, 0.15) is 24.2 Å². The van der Waals surface area contributed by atoms with E-state index >= 15 is 0 Å². The fraction of sp³-hybridized carbons (Fsp3) is 0.450. The number of carbonyl (C=O) groups is 1. The standard InChI is InChI=1S/C20H24N2O3/c21-14-20(7-10-24-11-8-20)19(23)22-9-6-16-12-17(25-18(16)13-22)15-4-2-1-3-5-15/h1-5,12H,6-11,13-14,21H2. The molecule has 2 N–H and O–H groups in total. The summed E-state index contributed by atoms with van der Waals surface area (Å²) in [6.07, 6.45) is 2.24. The molecule has 2 aromatic rings. The Kier molecular flexibility index (Phi) is 4.36. The number of nitrogens with zero attached hydrogens (tertiary/aromatic N) is 1. The van der Waals surface area contributed by atoms with Crippen LogP contribution in [0.25, 0.3) is 11.3 Å². The van der Waals surface area contributed by atoms with Gasteiger partial charge < -0.3 is 19.8 Å². The molecule has 0 saturated carbocycles. The maximum Gasteiger partial charge on any atom is 0.230 e. The van der Waals surface area contributed by atoms with E-state index in [1.807, 2.05) is 35.2 Å². The highest BCUT2D eigenvalue weighted by molar-refractivity contribution is 5.83. The second kappa shape index (κ2) is 6.65. The van der Waals surface area contributed by atoms with Crippen molar-refractivity contribution in [1.29, 1.82) is 0 Å². The maximum absolute atomic E-state index is 13.1. The molecule has 2 aliphatic rings. The Balaban J connectivity index is 1.54. The Hall–Kier alpha value is -2.11. The predicted molar refractivity (Wildman–Crippen MR) is 94.8 cm³/mol. The molecule has 25 heavy (non-hydrogen) atoms. The molecular weight excluding hydrogens is 316 g/mol. The van der Waals surface area contributed by atoms with Crippen LogP contribution in [0.5, 0.6) is 0 Å². The average molecular weight is 340 g/mol. The van der Waals surface area contributed by atoms with Crippen LogP contribution in [-0.4, -0.2) is 37.1 Å². The highest BCUT2D eigenvalue weighted by Crippen LogP contribution is 2.35. The van der Waals surface area contributed by atoms with Gasteiger partial charge in [-0.3, -0.25) is 4.79 Å². The monoisotopic (exact) mass is 340 g/mol. The minimum Gasteiger partial charge on any atom is -0.459 e. The topological polar surface area (TPSA) is 68.7 Å². The van der Waals surface area contributed by atoms with Gasteiger partial charge in [0.2, 0.25) is 5.91 Å². The second-order valence-corrected chi connectivity index (χ2v) is 7.00. The van der Waals surface area contributed by atoms with E-state index in [4.69, 9.17) is 14.9 Å². The van der Waals surface area contributed by atoms with Gasteiger partial charge in [0.05, 0.1) is 12.0 Å². The Morgan fingerprint density at radius 2 is 1.96 bits per heavy atom. The summed E-state index contributed by atoms with van der Waals surface area (Å²) in [5.74, 6) is 1.93. The zero-order valence-corrected chi connectivity index (χ0v) is 14.4. The normalized spacial score (nSPS) is 19.5. The fourth-order valence-corrected chi connectivity index (χ4v) is 3.84. The number of amides is 1. The van der Waals surface area contributed by atoms with Crippen LogP contribution in [0.15, 0.2) is 40.8 Å². The summed E-state index contributed by atoms with van der Waals surface area (Å²) in [4.78, 5) is 15.1. The largest absolute Gasteiger partial charge is 0.459 e. The Morgan fingerprint density at radius 3 is 2.68 bits per heavy atom. The molecule has 1 saturated heterocycles. The van der Waals surface area contributed by atoms with Gasteiger partial charge in [0.1, 0.15) is 11.5 Å². The number of hydrogen-bond acceptors (Lipinski definition) is 4. The SMILES string of the molecule is NCC1(C(=O)N2CCc3cc(-c4ccccc4)oc3C2)CCOCC1. The highest BCUT2D eigenvalue weighted by atomic mass is 16.5. The molecule has 132 valence electrons. The summed E-state index contributed by atoms with van der Waals surface area (Å²) in [5.41, 5.74) is 7.80. The third-order valence-electron chi connectivity index (χ3n) is 5.52. The summed E-state index contributed by atoms with van der Waals surface area (Å²) < 4.78 is 11.5. The molecule has 1 fully saturated rings. The number of rotatable bonds is 3. The van der Waals surface area contributed by atoms with Gasteiger partial charge in [-0.15, -0.1) is 0 Å². The molecule has 0 radical (unpaired) electrons. The predicted octanol–water partition coefficient (Wildman–Crippen LogP) is 2.59. The molecule has 5 nitrogen and oxygen atoms in total. The van der Waals surface area contributed by atoms with Crippen molar-refractivity contribution in [2.24, 2.45) is 11.1 Å². The van der Waals surface area contributed by atoms with Crippen LogP contribution >= 0.6 is 0 Å². The van der Waals surface area contributed by atoms with Gasteiger partial charge in [0.25, 0.3) is 0 Å². The quantitative estimate of drug-likeness (QED) is 0.932. The summed E-state index contributed by atoms with van der Waals surface area (Å²) in [6, 6.07) is 12.2. The van der Waals surface area contributed by atoms with E-state index in [0.29, 0.717) is 39.1 Å². The molecule has 0 atom stereocenters. The van der Waals surface area contributed by atoms with E-state index in [1.54, 1.807) is 0 Å². The lowest BCUT2D eigenvalue weighted by molar-refractivity contribution is -0.148. The van der Waals surface area contributed by atoms with Gasteiger partial charge in [0.15, 0.2) is 0 Å². The van der Waals surface area contributed by atoms with E-state index in [-0.39, 0.29) is 5.91 Å². The summed E-state index contributed by atoms with van der Waals surface area (Å²) in [6.45, 7) is 2.86. The van der Waals surface area contributed by atoms with Gasteiger partial charge in [0, 0.05) is 31.9 Å². The van der Waals surface area contributed by atoms with Crippen molar-refractivity contribution < 1.29 is 13.9 Å². The zero-order valence-electron chi connectivity index (χ0n) is 14.4. The summed E-state index contributed by atoms with van der Waals surface area (Å²) in [7, 11) is 0. The molecule has 2 aliphatic heterocycles. The first-order chi connectivity index (χ1) is 12.2. The number of carbonyl (C=O) groups excluding carboxylic acids is 1. The molecule has 1 amide bonds. The Morgan fingerprint density at radius 1 is 1.20 bits per heavy atom. The van der Waals surface area contributed by atoms with Crippen LogP contribution in [0.3, 0.4) is 0 Å². The van der Waals surface area contributed by atoms with E-state index in [2.05, 4.69) is 6.07 Å². The van der Waals surface area contributed by atoms with Gasteiger partial charge >= 0.3 is 0 Å².